The van der Waals surface area contributed by atoms with Gasteiger partial charge in [-0.3, -0.25) is 9.59 Å². The van der Waals surface area contributed by atoms with E-state index in [1.54, 1.807) is 33.4 Å². The zero-order valence-electron chi connectivity index (χ0n) is 15.1. The molecule has 1 N–H and O–H groups in total. The molecule has 1 atom stereocenters. The fourth-order valence-electron chi connectivity index (χ4n) is 2.49. The number of aromatic nitrogens is 4. The molecule has 0 radical (unpaired) electrons. The van der Waals surface area contributed by atoms with Gasteiger partial charge in [-0.05, 0) is 24.8 Å². The Morgan fingerprint density at radius 2 is 2.00 bits per heavy atom. The molecule has 0 bridgehead atoms. The summed E-state index contributed by atoms with van der Waals surface area (Å²) in [4.78, 5) is 29.2. The van der Waals surface area contributed by atoms with E-state index in [0.29, 0.717) is 17.8 Å². The lowest BCUT2D eigenvalue weighted by atomic mass is 9.86. The van der Waals surface area contributed by atoms with Crippen molar-refractivity contribution in [2.45, 2.75) is 47.2 Å². The highest BCUT2D eigenvalue weighted by Crippen LogP contribution is 2.21. The Hall–Kier alpha value is -2.44. The maximum absolute atomic E-state index is 12.8. The van der Waals surface area contributed by atoms with Crippen LogP contribution >= 0.6 is 0 Å². The minimum absolute atomic E-state index is 0.156. The molecule has 0 aliphatic carbocycles. The lowest BCUT2D eigenvalue weighted by molar-refractivity contribution is 0.0889. The van der Waals surface area contributed by atoms with Gasteiger partial charge in [-0.15, -0.1) is 0 Å². The summed E-state index contributed by atoms with van der Waals surface area (Å²) in [7, 11) is 1.55. The number of carbonyl (C=O) groups is 1. The molecule has 0 saturated carbocycles. The lowest BCUT2D eigenvalue weighted by Gasteiger charge is -2.32. The first-order valence-electron chi connectivity index (χ1n) is 7.92. The molecular formula is C17H25N5O2. The predicted molar refractivity (Wildman–Crippen MR) is 91.9 cm³/mol. The van der Waals surface area contributed by atoms with Gasteiger partial charge in [0, 0.05) is 26.0 Å². The van der Waals surface area contributed by atoms with Crippen molar-refractivity contribution in [2.24, 2.45) is 12.5 Å². The van der Waals surface area contributed by atoms with Gasteiger partial charge >= 0.3 is 0 Å². The van der Waals surface area contributed by atoms with E-state index in [9.17, 15) is 9.59 Å². The topological polar surface area (TPSA) is 81.8 Å². The second kappa shape index (κ2) is 6.59. The highest BCUT2D eigenvalue weighted by atomic mass is 16.2. The van der Waals surface area contributed by atoms with Crippen LogP contribution in [-0.4, -0.2) is 31.3 Å². The average Bonchev–Trinajstić information content (AvgIpc) is 2.97. The van der Waals surface area contributed by atoms with E-state index in [1.807, 2.05) is 10.8 Å². The number of nitrogens with one attached hydrogen (secondary N) is 1. The summed E-state index contributed by atoms with van der Waals surface area (Å²) < 4.78 is 3.12. The van der Waals surface area contributed by atoms with E-state index in [0.717, 1.165) is 0 Å². The van der Waals surface area contributed by atoms with Crippen molar-refractivity contribution in [1.82, 2.24) is 24.6 Å². The molecular weight excluding hydrogens is 306 g/mol. The van der Waals surface area contributed by atoms with Crippen LogP contribution in [0.5, 0.6) is 0 Å². The molecule has 1 amide bonds. The third-order valence-electron chi connectivity index (χ3n) is 4.26. The van der Waals surface area contributed by atoms with E-state index >= 15 is 0 Å². The molecule has 7 heteroatoms. The van der Waals surface area contributed by atoms with Crippen molar-refractivity contribution in [3.8, 4) is 0 Å². The summed E-state index contributed by atoms with van der Waals surface area (Å²) >= 11 is 0. The van der Waals surface area contributed by atoms with Gasteiger partial charge in [0.2, 0.25) is 0 Å². The number of carbonyl (C=O) groups excluding carboxylic acids is 1. The van der Waals surface area contributed by atoms with Gasteiger partial charge in [0.25, 0.3) is 11.5 Å². The van der Waals surface area contributed by atoms with Crippen molar-refractivity contribution in [1.29, 1.82) is 0 Å². The first-order valence-corrected chi connectivity index (χ1v) is 7.92. The smallest absolute Gasteiger partial charge is 0.279 e. The van der Waals surface area contributed by atoms with Gasteiger partial charge < -0.3 is 9.88 Å². The standard InChI is InChI=1S/C17H25N5O2/c1-11-12(2)20-21(6)16(24)14(11)15(23)19-13(17(3,4)5)9-22-8-7-18-10-22/h7-8,10,13H,9H2,1-6H3,(H,19,23)/t13-/m0/s1. The van der Waals surface area contributed by atoms with Crippen LogP contribution in [-0.2, 0) is 13.6 Å². The molecule has 2 aromatic rings. The Labute approximate surface area is 141 Å². The average molecular weight is 331 g/mol. The summed E-state index contributed by atoms with van der Waals surface area (Å²) in [5.41, 5.74) is 0.882. The molecule has 2 aromatic heterocycles. The van der Waals surface area contributed by atoms with Crippen molar-refractivity contribution >= 4 is 5.91 Å². The molecule has 0 spiro atoms. The predicted octanol–water partition coefficient (Wildman–Crippen LogP) is 1.44. The van der Waals surface area contributed by atoms with Gasteiger partial charge in [0.1, 0.15) is 5.56 Å². The first-order chi connectivity index (χ1) is 11.1. The van der Waals surface area contributed by atoms with Gasteiger partial charge in [-0.2, -0.15) is 5.10 Å². The van der Waals surface area contributed by atoms with Crippen LogP contribution in [0.4, 0.5) is 0 Å². The Balaban J connectivity index is 2.34. The third-order valence-corrected chi connectivity index (χ3v) is 4.26. The van der Waals surface area contributed by atoms with Crippen molar-refractivity contribution in [2.75, 3.05) is 0 Å². The number of amides is 1. The monoisotopic (exact) mass is 331 g/mol. The van der Waals surface area contributed by atoms with E-state index < -0.39 is 0 Å². The minimum atomic E-state index is -0.383. The number of aryl methyl sites for hydroxylation is 2. The van der Waals surface area contributed by atoms with Crippen LogP contribution in [0.3, 0.4) is 0 Å². The molecule has 0 aromatic carbocycles. The highest BCUT2D eigenvalue weighted by molar-refractivity contribution is 5.95. The molecule has 24 heavy (non-hydrogen) atoms. The molecule has 0 unspecified atom stereocenters. The molecule has 0 saturated heterocycles. The van der Waals surface area contributed by atoms with Crippen LogP contribution in [0.2, 0.25) is 0 Å². The molecule has 0 fully saturated rings. The molecule has 7 nitrogen and oxygen atoms in total. The van der Waals surface area contributed by atoms with Crippen LogP contribution in [0, 0.1) is 19.3 Å². The van der Waals surface area contributed by atoms with Gasteiger partial charge in [-0.25, -0.2) is 9.67 Å². The quantitative estimate of drug-likeness (QED) is 0.919. The third kappa shape index (κ3) is 3.72. The van der Waals surface area contributed by atoms with Crippen molar-refractivity contribution in [3.05, 3.63) is 45.9 Å². The summed E-state index contributed by atoms with van der Waals surface area (Å²) in [6, 6.07) is -0.156. The first kappa shape index (κ1) is 17.9. The van der Waals surface area contributed by atoms with Crippen molar-refractivity contribution < 1.29 is 4.79 Å². The Morgan fingerprint density at radius 3 is 2.54 bits per heavy atom. The summed E-state index contributed by atoms with van der Waals surface area (Å²) in [6.07, 6.45) is 5.27. The van der Waals surface area contributed by atoms with Crippen LogP contribution in [0.25, 0.3) is 0 Å². The summed E-state index contributed by atoms with van der Waals surface area (Å²) in [6.45, 7) is 10.3. The fourth-order valence-corrected chi connectivity index (χ4v) is 2.49. The highest BCUT2D eigenvalue weighted by Gasteiger charge is 2.29. The normalized spacial score (nSPS) is 12.9. The lowest BCUT2D eigenvalue weighted by Crippen LogP contribution is -2.48. The van der Waals surface area contributed by atoms with Gasteiger partial charge in [0.15, 0.2) is 0 Å². The van der Waals surface area contributed by atoms with Crippen molar-refractivity contribution in [3.63, 3.8) is 0 Å². The number of hydrogen-bond donors (Lipinski definition) is 1. The number of nitrogens with zero attached hydrogens (tertiary/aromatic N) is 4. The summed E-state index contributed by atoms with van der Waals surface area (Å²) in [5, 5.41) is 7.14. The fraction of sp³-hybridized carbons (Fsp3) is 0.529. The minimum Gasteiger partial charge on any atom is -0.347 e. The maximum atomic E-state index is 12.8. The molecule has 130 valence electrons. The number of imidazole rings is 1. The van der Waals surface area contributed by atoms with E-state index in [-0.39, 0.29) is 28.5 Å². The van der Waals surface area contributed by atoms with E-state index in [4.69, 9.17) is 0 Å². The molecule has 0 aliphatic rings. The van der Waals surface area contributed by atoms with E-state index in [2.05, 4.69) is 36.2 Å². The van der Waals surface area contributed by atoms with E-state index in [1.165, 1.54) is 4.68 Å². The maximum Gasteiger partial charge on any atom is 0.279 e. The number of hydrogen-bond acceptors (Lipinski definition) is 4. The SMILES string of the molecule is Cc1nn(C)c(=O)c(C(=O)N[C@@H](Cn2ccnc2)C(C)(C)C)c1C. The molecule has 2 heterocycles. The summed E-state index contributed by atoms with van der Waals surface area (Å²) in [5.74, 6) is -0.362. The second-order valence-electron chi connectivity index (χ2n) is 7.17. The Morgan fingerprint density at radius 1 is 1.33 bits per heavy atom. The Bertz CT molecular complexity index is 785. The van der Waals surface area contributed by atoms with Gasteiger partial charge in [-0.1, -0.05) is 20.8 Å². The van der Waals surface area contributed by atoms with Gasteiger partial charge in [0.05, 0.1) is 18.1 Å². The number of rotatable bonds is 4. The van der Waals surface area contributed by atoms with Crippen LogP contribution in [0.15, 0.2) is 23.5 Å². The zero-order chi connectivity index (χ0) is 18.1. The van der Waals surface area contributed by atoms with Crippen LogP contribution < -0.4 is 10.9 Å². The molecule has 2 rings (SSSR count). The molecule has 0 aliphatic heterocycles. The Kier molecular flexibility index (Phi) is 4.91. The largest absolute Gasteiger partial charge is 0.347 e. The zero-order valence-corrected chi connectivity index (χ0v) is 15.1. The van der Waals surface area contributed by atoms with Crippen LogP contribution in [0.1, 0.15) is 42.4 Å². The second-order valence-corrected chi connectivity index (χ2v) is 7.17.